The molecule has 1 fully saturated rings. The van der Waals surface area contributed by atoms with Gasteiger partial charge in [-0.05, 0) is 24.5 Å². The van der Waals surface area contributed by atoms with E-state index in [1.54, 1.807) is 6.07 Å². The Morgan fingerprint density at radius 1 is 1.11 bits per heavy atom. The number of alkyl halides is 3. The zero-order valence-corrected chi connectivity index (χ0v) is 9.93. The summed E-state index contributed by atoms with van der Waals surface area (Å²) in [6.07, 6.45) is -0.160. The van der Waals surface area contributed by atoms with E-state index in [1.165, 1.54) is 6.07 Å². The zero-order valence-electron chi connectivity index (χ0n) is 9.93. The highest BCUT2D eigenvalue weighted by Crippen LogP contribution is 2.40. The van der Waals surface area contributed by atoms with Crippen LogP contribution in [0.5, 0.6) is 0 Å². The fraction of sp³-hybridized carbons (Fsp3) is 0.500. The molecule has 0 radical (unpaired) electrons. The van der Waals surface area contributed by atoms with Gasteiger partial charge in [-0.1, -0.05) is 37.5 Å². The van der Waals surface area contributed by atoms with Crippen LogP contribution >= 0.6 is 0 Å². The molecule has 1 aromatic rings. The molecule has 0 unspecified atom stereocenters. The van der Waals surface area contributed by atoms with Crippen molar-refractivity contribution in [1.29, 1.82) is 5.26 Å². The molecule has 0 atom stereocenters. The van der Waals surface area contributed by atoms with Gasteiger partial charge >= 0.3 is 6.18 Å². The van der Waals surface area contributed by atoms with E-state index >= 15 is 0 Å². The van der Waals surface area contributed by atoms with Gasteiger partial charge in [0.1, 0.15) is 0 Å². The number of benzene rings is 1. The van der Waals surface area contributed by atoms with Crippen LogP contribution in [0, 0.1) is 11.3 Å². The first-order valence-electron chi connectivity index (χ1n) is 6.07. The Kier molecular flexibility index (Phi) is 3.34. The number of nitrogens with zero attached hydrogens (tertiary/aromatic N) is 1. The van der Waals surface area contributed by atoms with Crippen LogP contribution in [0.25, 0.3) is 0 Å². The van der Waals surface area contributed by atoms with Crippen LogP contribution < -0.4 is 0 Å². The lowest BCUT2D eigenvalue weighted by Crippen LogP contribution is -2.27. The normalized spacial score (nSPS) is 19.2. The summed E-state index contributed by atoms with van der Waals surface area (Å²) in [7, 11) is 0. The SMILES string of the molecule is N#CC1(c2cccc(C(F)(F)F)c2)CCCCC1. The molecular formula is C14H14F3N. The van der Waals surface area contributed by atoms with E-state index in [0.717, 1.165) is 31.4 Å². The molecule has 0 saturated heterocycles. The van der Waals surface area contributed by atoms with Crippen molar-refractivity contribution in [2.24, 2.45) is 0 Å². The predicted molar refractivity (Wildman–Crippen MR) is 61.8 cm³/mol. The Balaban J connectivity index is 2.41. The summed E-state index contributed by atoms with van der Waals surface area (Å²) < 4.78 is 38.0. The van der Waals surface area contributed by atoms with Gasteiger partial charge in [0.05, 0.1) is 17.0 Å². The van der Waals surface area contributed by atoms with Gasteiger partial charge in [-0.15, -0.1) is 0 Å². The Labute approximate surface area is 104 Å². The average molecular weight is 253 g/mol. The molecule has 2 rings (SSSR count). The summed E-state index contributed by atoms with van der Waals surface area (Å²) in [6, 6.07) is 7.47. The Morgan fingerprint density at radius 3 is 2.33 bits per heavy atom. The molecule has 0 aromatic heterocycles. The van der Waals surface area contributed by atoms with Crippen LogP contribution in [0.2, 0.25) is 0 Å². The van der Waals surface area contributed by atoms with E-state index in [0.29, 0.717) is 18.4 Å². The summed E-state index contributed by atoms with van der Waals surface area (Å²) in [5.41, 5.74) is -0.876. The summed E-state index contributed by atoms with van der Waals surface area (Å²) in [4.78, 5) is 0. The number of halogens is 3. The van der Waals surface area contributed by atoms with E-state index in [4.69, 9.17) is 0 Å². The second-order valence-electron chi connectivity index (χ2n) is 4.83. The van der Waals surface area contributed by atoms with Crippen molar-refractivity contribution >= 4 is 0 Å². The van der Waals surface area contributed by atoms with Gasteiger partial charge in [0, 0.05) is 0 Å². The molecule has 0 spiro atoms. The number of hydrogen-bond acceptors (Lipinski definition) is 1. The first kappa shape index (κ1) is 12.9. The van der Waals surface area contributed by atoms with E-state index in [2.05, 4.69) is 6.07 Å². The highest BCUT2D eigenvalue weighted by Gasteiger charge is 2.37. The third kappa shape index (κ3) is 2.35. The van der Waals surface area contributed by atoms with Crippen LogP contribution in [0.1, 0.15) is 43.2 Å². The van der Waals surface area contributed by atoms with Crippen molar-refractivity contribution in [2.45, 2.75) is 43.7 Å². The molecule has 0 heterocycles. The van der Waals surface area contributed by atoms with Crippen LogP contribution in [0.4, 0.5) is 13.2 Å². The summed E-state index contributed by atoms with van der Waals surface area (Å²) in [5.74, 6) is 0. The molecule has 0 aliphatic heterocycles. The highest BCUT2D eigenvalue weighted by molar-refractivity contribution is 5.36. The molecule has 18 heavy (non-hydrogen) atoms. The van der Waals surface area contributed by atoms with Gasteiger partial charge in [-0.25, -0.2) is 0 Å². The van der Waals surface area contributed by atoms with Crippen molar-refractivity contribution in [2.75, 3.05) is 0 Å². The molecule has 1 nitrogen and oxygen atoms in total. The molecule has 4 heteroatoms. The lowest BCUT2D eigenvalue weighted by atomic mass is 9.70. The van der Waals surface area contributed by atoms with Gasteiger partial charge in [-0.2, -0.15) is 18.4 Å². The van der Waals surface area contributed by atoms with Crippen molar-refractivity contribution < 1.29 is 13.2 Å². The van der Waals surface area contributed by atoms with Gasteiger partial charge in [0.25, 0.3) is 0 Å². The molecule has 1 saturated carbocycles. The number of hydrogen-bond donors (Lipinski definition) is 0. The third-order valence-electron chi connectivity index (χ3n) is 3.66. The van der Waals surface area contributed by atoms with Crippen molar-refractivity contribution in [3.05, 3.63) is 35.4 Å². The minimum absolute atomic E-state index is 0.513. The van der Waals surface area contributed by atoms with Crippen LogP contribution in [0.15, 0.2) is 24.3 Å². The van der Waals surface area contributed by atoms with Gasteiger partial charge in [-0.3, -0.25) is 0 Å². The average Bonchev–Trinajstić information content (AvgIpc) is 2.39. The highest BCUT2D eigenvalue weighted by atomic mass is 19.4. The maximum Gasteiger partial charge on any atom is 0.416 e. The predicted octanol–water partition coefficient (Wildman–Crippen LogP) is 4.43. The quantitative estimate of drug-likeness (QED) is 0.726. The van der Waals surface area contributed by atoms with Crippen LogP contribution in [-0.4, -0.2) is 0 Å². The number of rotatable bonds is 1. The lowest BCUT2D eigenvalue weighted by Gasteiger charge is -2.31. The first-order valence-corrected chi connectivity index (χ1v) is 6.07. The molecule has 1 aromatic carbocycles. The Hall–Kier alpha value is -1.50. The molecule has 1 aliphatic carbocycles. The summed E-state index contributed by atoms with van der Waals surface area (Å²) >= 11 is 0. The topological polar surface area (TPSA) is 23.8 Å². The van der Waals surface area contributed by atoms with Crippen LogP contribution in [-0.2, 0) is 11.6 Å². The molecule has 0 N–H and O–H groups in total. The largest absolute Gasteiger partial charge is 0.416 e. The Morgan fingerprint density at radius 2 is 1.78 bits per heavy atom. The standard InChI is InChI=1S/C14H14F3N/c15-14(16,17)12-6-4-5-11(9-12)13(10-18)7-2-1-3-8-13/h4-6,9H,1-3,7-8H2. The maximum absolute atomic E-state index is 12.7. The van der Waals surface area contributed by atoms with Gasteiger partial charge < -0.3 is 0 Å². The number of nitriles is 1. The Bertz CT molecular complexity index is 465. The van der Waals surface area contributed by atoms with Crippen molar-refractivity contribution in [1.82, 2.24) is 0 Å². The van der Waals surface area contributed by atoms with E-state index in [1.807, 2.05) is 0 Å². The summed E-state index contributed by atoms with van der Waals surface area (Å²) in [6.45, 7) is 0. The molecule has 96 valence electrons. The zero-order chi connectivity index (χ0) is 13.2. The minimum atomic E-state index is -4.35. The van der Waals surface area contributed by atoms with Crippen LogP contribution in [0.3, 0.4) is 0 Å². The fourth-order valence-electron chi connectivity index (χ4n) is 2.61. The van der Waals surface area contributed by atoms with E-state index < -0.39 is 17.2 Å². The molecule has 1 aliphatic rings. The maximum atomic E-state index is 12.7. The van der Waals surface area contributed by atoms with Gasteiger partial charge in [0.15, 0.2) is 0 Å². The van der Waals surface area contributed by atoms with Gasteiger partial charge in [0.2, 0.25) is 0 Å². The first-order chi connectivity index (χ1) is 8.48. The van der Waals surface area contributed by atoms with Crippen molar-refractivity contribution in [3.63, 3.8) is 0 Å². The van der Waals surface area contributed by atoms with Crippen molar-refractivity contribution in [3.8, 4) is 6.07 Å². The molecule has 0 bridgehead atoms. The molecular weight excluding hydrogens is 239 g/mol. The molecule has 0 amide bonds. The van der Waals surface area contributed by atoms with E-state index in [9.17, 15) is 18.4 Å². The smallest absolute Gasteiger partial charge is 0.197 e. The lowest BCUT2D eigenvalue weighted by molar-refractivity contribution is -0.137. The second-order valence-corrected chi connectivity index (χ2v) is 4.83. The summed E-state index contributed by atoms with van der Waals surface area (Å²) in [5, 5.41) is 9.36. The fourth-order valence-corrected chi connectivity index (χ4v) is 2.61. The minimum Gasteiger partial charge on any atom is -0.197 e. The monoisotopic (exact) mass is 253 g/mol. The third-order valence-corrected chi connectivity index (χ3v) is 3.66. The van der Waals surface area contributed by atoms with E-state index in [-0.39, 0.29) is 0 Å². The second kappa shape index (κ2) is 4.64.